The van der Waals surface area contributed by atoms with Crippen molar-refractivity contribution in [2.24, 2.45) is 4.99 Å². The molecule has 3 aromatic carbocycles. The van der Waals surface area contributed by atoms with Crippen molar-refractivity contribution in [1.82, 2.24) is 4.57 Å². The summed E-state index contributed by atoms with van der Waals surface area (Å²) in [5.41, 5.74) is 3.20. The number of ether oxygens (including phenoxy) is 5. The van der Waals surface area contributed by atoms with Crippen molar-refractivity contribution in [3.8, 4) is 23.0 Å². The summed E-state index contributed by atoms with van der Waals surface area (Å²) < 4.78 is 30.4. The number of rotatable bonds is 12. The van der Waals surface area contributed by atoms with Crippen molar-refractivity contribution in [2.75, 3.05) is 33.5 Å². The summed E-state index contributed by atoms with van der Waals surface area (Å²) in [5.74, 6) is 2.10. The van der Waals surface area contributed by atoms with E-state index in [1.54, 1.807) is 43.7 Å². The van der Waals surface area contributed by atoms with Gasteiger partial charge in [0.1, 0.15) is 24.7 Å². The fourth-order valence-electron chi connectivity index (χ4n) is 5.06. The number of thiazole rings is 1. The molecule has 0 N–H and O–H groups in total. The Labute approximate surface area is 265 Å². The molecule has 0 amide bonds. The Morgan fingerprint density at radius 2 is 1.69 bits per heavy atom. The molecule has 9 nitrogen and oxygen atoms in total. The maximum atomic E-state index is 14.0. The quantitative estimate of drug-likeness (QED) is 0.161. The van der Waals surface area contributed by atoms with Gasteiger partial charge >= 0.3 is 5.97 Å². The zero-order valence-electron chi connectivity index (χ0n) is 26.0. The zero-order chi connectivity index (χ0) is 31.9. The highest BCUT2D eigenvalue weighted by Gasteiger charge is 2.33. The molecule has 0 saturated heterocycles. The second-order valence-corrected chi connectivity index (χ2v) is 11.2. The molecule has 0 unspecified atom stereocenters. The molecule has 45 heavy (non-hydrogen) atoms. The number of esters is 1. The number of hydrogen-bond donors (Lipinski definition) is 0. The van der Waals surface area contributed by atoms with Crippen LogP contribution in [0.1, 0.15) is 43.5 Å². The van der Waals surface area contributed by atoms with Crippen LogP contribution in [0, 0.1) is 6.92 Å². The first kappa shape index (κ1) is 31.6. The van der Waals surface area contributed by atoms with Gasteiger partial charge in [-0.2, -0.15) is 0 Å². The number of benzene rings is 3. The summed E-state index contributed by atoms with van der Waals surface area (Å²) in [7, 11) is 1.59. The number of carbonyl (C=O) groups is 1. The number of allylic oxidation sites excluding steroid dienone is 1. The van der Waals surface area contributed by atoms with Gasteiger partial charge in [-0.15, -0.1) is 0 Å². The molecule has 1 aliphatic rings. The molecule has 5 rings (SSSR count). The lowest BCUT2D eigenvalue weighted by molar-refractivity contribution is -0.139. The van der Waals surface area contributed by atoms with Crippen LogP contribution in [0.2, 0.25) is 0 Å². The SMILES string of the molecule is CCOC(=O)C1=C(C)N=c2s/c(=C\c3ccc(OCCOc4cccc(C)c4)c(OCC)c3)c(=O)n2[C@H]1c1ccc(OC)cc1. The predicted octanol–water partition coefficient (Wildman–Crippen LogP) is 4.97. The average Bonchev–Trinajstić information content (AvgIpc) is 3.33. The van der Waals surface area contributed by atoms with Gasteiger partial charge in [0, 0.05) is 0 Å². The lowest BCUT2D eigenvalue weighted by Gasteiger charge is -2.24. The van der Waals surface area contributed by atoms with Gasteiger partial charge in [0.15, 0.2) is 16.3 Å². The highest BCUT2D eigenvalue weighted by molar-refractivity contribution is 7.07. The van der Waals surface area contributed by atoms with Crippen molar-refractivity contribution in [3.05, 3.63) is 114 Å². The Bertz CT molecular complexity index is 1890. The van der Waals surface area contributed by atoms with Crippen LogP contribution in [0.4, 0.5) is 0 Å². The number of aromatic nitrogens is 1. The number of carbonyl (C=O) groups excluding carboxylic acids is 1. The largest absolute Gasteiger partial charge is 0.497 e. The van der Waals surface area contributed by atoms with Crippen LogP contribution in [-0.2, 0) is 9.53 Å². The summed E-state index contributed by atoms with van der Waals surface area (Å²) in [4.78, 5) is 32.2. The molecule has 2 heterocycles. The molecule has 1 atom stereocenters. The summed E-state index contributed by atoms with van der Waals surface area (Å²) in [6, 6.07) is 20.0. The molecule has 0 bridgehead atoms. The summed E-state index contributed by atoms with van der Waals surface area (Å²) in [6.45, 7) is 8.79. The van der Waals surface area contributed by atoms with Crippen LogP contribution in [0.25, 0.3) is 6.08 Å². The predicted molar refractivity (Wildman–Crippen MR) is 173 cm³/mol. The van der Waals surface area contributed by atoms with Crippen LogP contribution in [0.15, 0.2) is 87.8 Å². The third kappa shape index (κ3) is 7.12. The van der Waals surface area contributed by atoms with Gasteiger partial charge in [-0.1, -0.05) is 41.7 Å². The van der Waals surface area contributed by atoms with Crippen LogP contribution in [-0.4, -0.2) is 44.1 Å². The van der Waals surface area contributed by atoms with Crippen molar-refractivity contribution in [3.63, 3.8) is 0 Å². The minimum absolute atomic E-state index is 0.205. The van der Waals surface area contributed by atoms with Crippen LogP contribution in [0.5, 0.6) is 23.0 Å². The number of fused-ring (bicyclic) bond motifs is 1. The number of aryl methyl sites for hydroxylation is 1. The van der Waals surface area contributed by atoms with Crippen LogP contribution < -0.4 is 33.8 Å². The van der Waals surface area contributed by atoms with E-state index in [2.05, 4.69) is 4.99 Å². The van der Waals surface area contributed by atoms with Crippen LogP contribution in [0.3, 0.4) is 0 Å². The minimum Gasteiger partial charge on any atom is -0.497 e. The van der Waals surface area contributed by atoms with Gasteiger partial charge in [-0.05, 0) is 86.9 Å². The van der Waals surface area contributed by atoms with E-state index in [4.69, 9.17) is 23.7 Å². The normalized spacial score (nSPS) is 14.4. The Hall–Kier alpha value is -4.83. The smallest absolute Gasteiger partial charge is 0.338 e. The van der Waals surface area contributed by atoms with Gasteiger partial charge in [-0.25, -0.2) is 9.79 Å². The molecular formula is C35H36N2O7S. The summed E-state index contributed by atoms with van der Waals surface area (Å²) in [6.07, 6.45) is 1.80. The standard InChI is InChI=1S/C35H36N2O7S/c1-6-41-29-20-24(11-16-28(29)44-18-17-43-27-10-8-9-22(3)19-27)21-30-33(38)37-32(25-12-14-26(40-5)15-13-25)31(34(39)42-7-2)23(4)36-35(37)45-30/h8-16,19-21,32H,6-7,17-18H2,1-5H3/b30-21-/t32-/m0/s1. The first-order valence-electron chi connectivity index (χ1n) is 14.8. The van der Waals surface area contributed by atoms with Gasteiger partial charge in [0.2, 0.25) is 0 Å². The molecule has 4 aromatic rings. The molecule has 1 aliphatic heterocycles. The van der Waals surface area contributed by atoms with E-state index in [1.807, 2.05) is 68.4 Å². The van der Waals surface area contributed by atoms with Crippen molar-refractivity contribution in [2.45, 2.75) is 33.7 Å². The van der Waals surface area contributed by atoms with E-state index in [0.717, 1.165) is 22.4 Å². The van der Waals surface area contributed by atoms with E-state index in [0.29, 0.717) is 57.7 Å². The first-order chi connectivity index (χ1) is 21.8. The highest BCUT2D eigenvalue weighted by Crippen LogP contribution is 2.32. The van der Waals surface area contributed by atoms with Gasteiger partial charge < -0.3 is 23.7 Å². The van der Waals surface area contributed by atoms with E-state index < -0.39 is 12.0 Å². The molecule has 0 radical (unpaired) electrons. The van der Waals surface area contributed by atoms with Crippen molar-refractivity contribution in [1.29, 1.82) is 0 Å². The number of hydrogen-bond acceptors (Lipinski definition) is 9. The molecule has 0 aliphatic carbocycles. The fraction of sp³-hybridized carbons (Fsp3) is 0.286. The van der Waals surface area contributed by atoms with E-state index in [1.165, 1.54) is 11.3 Å². The molecule has 0 fully saturated rings. The van der Waals surface area contributed by atoms with E-state index in [-0.39, 0.29) is 12.2 Å². The third-order valence-corrected chi connectivity index (χ3v) is 8.10. The monoisotopic (exact) mass is 628 g/mol. The Morgan fingerprint density at radius 3 is 2.40 bits per heavy atom. The molecule has 234 valence electrons. The number of methoxy groups -OCH3 is 1. The summed E-state index contributed by atoms with van der Waals surface area (Å²) >= 11 is 1.26. The van der Waals surface area contributed by atoms with Gasteiger partial charge in [0.05, 0.1) is 42.2 Å². The Morgan fingerprint density at radius 1 is 0.911 bits per heavy atom. The Kier molecular flexibility index (Phi) is 10.0. The maximum Gasteiger partial charge on any atom is 0.338 e. The second-order valence-electron chi connectivity index (χ2n) is 10.2. The van der Waals surface area contributed by atoms with Crippen molar-refractivity contribution >= 4 is 23.4 Å². The lowest BCUT2D eigenvalue weighted by atomic mass is 9.96. The fourth-order valence-corrected chi connectivity index (χ4v) is 6.11. The van der Waals surface area contributed by atoms with Crippen LogP contribution >= 0.6 is 11.3 Å². The molecule has 10 heteroatoms. The van der Waals surface area contributed by atoms with Gasteiger partial charge in [0.25, 0.3) is 5.56 Å². The lowest BCUT2D eigenvalue weighted by Crippen LogP contribution is -2.39. The molecule has 0 saturated carbocycles. The molecule has 0 spiro atoms. The highest BCUT2D eigenvalue weighted by atomic mass is 32.1. The first-order valence-corrected chi connectivity index (χ1v) is 15.6. The zero-order valence-corrected chi connectivity index (χ0v) is 26.8. The second kappa shape index (κ2) is 14.3. The Balaban J connectivity index is 1.46. The summed E-state index contributed by atoms with van der Waals surface area (Å²) in [5, 5.41) is 0. The third-order valence-electron chi connectivity index (χ3n) is 7.11. The molecular weight excluding hydrogens is 592 g/mol. The average molecular weight is 629 g/mol. The molecule has 1 aromatic heterocycles. The topological polar surface area (TPSA) is 97.6 Å². The van der Waals surface area contributed by atoms with E-state index >= 15 is 0 Å². The van der Waals surface area contributed by atoms with E-state index in [9.17, 15) is 9.59 Å². The maximum absolute atomic E-state index is 14.0. The van der Waals surface area contributed by atoms with Crippen molar-refractivity contribution < 1.29 is 28.5 Å². The number of nitrogens with zero attached hydrogens (tertiary/aromatic N) is 2. The van der Waals surface area contributed by atoms with Gasteiger partial charge in [-0.3, -0.25) is 9.36 Å². The minimum atomic E-state index is -0.704.